The quantitative estimate of drug-likeness (QED) is 0.859. The second-order valence-electron chi connectivity index (χ2n) is 3.74. The Morgan fingerprint density at radius 1 is 1.22 bits per heavy atom. The number of nitrogens with one attached hydrogen (secondary N) is 1. The average molecular weight is 263 g/mol. The molecule has 1 aromatic carbocycles. The molecular weight excluding hydrogens is 249 g/mol. The van der Waals surface area contributed by atoms with Gasteiger partial charge in [-0.2, -0.15) is 0 Å². The van der Waals surface area contributed by atoms with Gasteiger partial charge in [-0.15, -0.1) is 11.8 Å². The summed E-state index contributed by atoms with van der Waals surface area (Å²) < 4.78 is 13.6. The van der Waals surface area contributed by atoms with Crippen molar-refractivity contribution in [1.29, 1.82) is 0 Å². The largest absolute Gasteiger partial charge is 0.371 e. The van der Waals surface area contributed by atoms with E-state index in [9.17, 15) is 4.39 Å². The van der Waals surface area contributed by atoms with Gasteiger partial charge in [0, 0.05) is 11.9 Å². The molecule has 0 spiro atoms. The van der Waals surface area contributed by atoms with Crippen LogP contribution in [0.15, 0.2) is 35.2 Å². The fourth-order valence-electron chi connectivity index (χ4n) is 1.51. The number of aromatic nitrogens is 2. The lowest BCUT2D eigenvalue weighted by atomic mass is 10.4. The summed E-state index contributed by atoms with van der Waals surface area (Å²) in [6.45, 7) is 1.65. The van der Waals surface area contributed by atoms with Crippen LogP contribution in [0.5, 0.6) is 0 Å². The van der Waals surface area contributed by atoms with Gasteiger partial charge in [0.15, 0.2) is 11.6 Å². The van der Waals surface area contributed by atoms with E-state index in [1.165, 1.54) is 0 Å². The fraction of sp³-hybridized carbons (Fsp3) is 0.231. The van der Waals surface area contributed by atoms with Crippen LogP contribution in [0, 0.1) is 12.7 Å². The molecule has 0 radical (unpaired) electrons. The molecule has 0 saturated carbocycles. The van der Waals surface area contributed by atoms with E-state index >= 15 is 0 Å². The smallest absolute Gasteiger partial charge is 0.186 e. The molecule has 0 saturated heterocycles. The van der Waals surface area contributed by atoms with E-state index in [4.69, 9.17) is 0 Å². The SMILES string of the molecule is CNc1nc(CSc2ccccc2)nc(C)c1F. The van der Waals surface area contributed by atoms with Crippen LogP contribution in [-0.2, 0) is 5.75 Å². The second kappa shape index (κ2) is 5.82. The van der Waals surface area contributed by atoms with Gasteiger partial charge in [0.05, 0.1) is 11.4 Å². The highest BCUT2D eigenvalue weighted by Gasteiger charge is 2.10. The van der Waals surface area contributed by atoms with E-state index in [1.807, 2.05) is 30.3 Å². The monoisotopic (exact) mass is 263 g/mol. The maximum atomic E-state index is 13.6. The van der Waals surface area contributed by atoms with Gasteiger partial charge in [0.1, 0.15) is 5.82 Å². The van der Waals surface area contributed by atoms with Gasteiger partial charge in [-0.25, -0.2) is 14.4 Å². The normalized spacial score (nSPS) is 10.4. The van der Waals surface area contributed by atoms with Gasteiger partial charge in [-0.05, 0) is 19.1 Å². The van der Waals surface area contributed by atoms with Gasteiger partial charge in [0.25, 0.3) is 0 Å². The third-order valence-electron chi connectivity index (χ3n) is 2.41. The minimum absolute atomic E-state index is 0.256. The van der Waals surface area contributed by atoms with Gasteiger partial charge in [0.2, 0.25) is 0 Å². The van der Waals surface area contributed by atoms with Crippen LogP contribution in [0.25, 0.3) is 0 Å². The zero-order valence-electron chi connectivity index (χ0n) is 10.3. The molecule has 2 rings (SSSR count). The molecule has 0 unspecified atom stereocenters. The van der Waals surface area contributed by atoms with E-state index in [0.29, 0.717) is 17.3 Å². The molecule has 1 heterocycles. The first-order valence-corrected chi connectivity index (χ1v) is 6.58. The highest BCUT2D eigenvalue weighted by Crippen LogP contribution is 2.22. The third-order valence-corrected chi connectivity index (χ3v) is 3.42. The number of aryl methyl sites for hydroxylation is 1. The second-order valence-corrected chi connectivity index (χ2v) is 4.79. The molecule has 0 fully saturated rings. The zero-order chi connectivity index (χ0) is 13.0. The number of rotatable bonds is 4. The molecule has 0 aliphatic heterocycles. The highest BCUT2D eigenvalue weighted by molar-refractivity contribution is 7.98. The lowest BCUT2D eigenvalue weighted by Crippen LogP contribution is -2.05. The van der Waals surface area contributed by atoms with Crippen LogP contribution >= 0.6 is 11.8 Å². The molecule has 0 aliphatic carbocycles. The molecule has 3 nitrogen and oxygen atoms in total. The number of anilines is 1. The van der Waals surface area contributed by atoms with Crippen molar-refractivity contribution in [1.82, 2.24) is 9.97 Å². The Morgan fingerprint density at radius 2 is 1.94 bits per heavy atom. The lowest BCUT2D eigenvalue weighted by molar-refractivity contribution is 0.603. The molecule has 1 aromatic heterocycles. The number of benzene rings is 1. The Labute approximate surface area is 110 Å². The number of nitrogens with zero attached hydrogens (tertiary/aromatic N) is 2. The van der Waals surface area contributed by atoms with E-state index in [0.717, 1.165) is 4.90 Å². The predicted molar refractivity (Wildman–Crippen MR) is 72.3 cm³/mol. The minimum Gasteiger partial charge on any atom is -0.371 e. The number of thioether (sulfide) groups is 1. The van der Waals surface area contributed by atoms with Crippen LogP contribution in [0.1, 0.15) is 11.5 Å². The topological polar surface area (TPSA) is 37.8 Å². The van der Waals surface area contributed by atoms with Gasteiger partial charge in [-0.3, -0.25) is 0 Å². The van der Waals surface area contributed by atoms with E-state index in [1.54, 1.807) is 25.7 Å². The molecule has 94 valence electrons. The summed E-state index contributed by atoms with van der Waals surface area (Å²) in [5.74, 6) is 1.13. The van der Waals surface area contributed by atoms with Crippen LogP contribution in [0.3, 0.4) is 0 Å². The average Bonchev–Trinajstić information content (AvgIpc) is 2.41. The first kappa shape index (κ1) is 12.8. The number of hydrogen-bond donors (Lipinski definition) is 1. The Kier molecular flexibility index (Phi) is 4.15. The number of hydrogen-bond acceptors (Lipinski definition) is 4. The first-order valence-electron chi connectivity index (χ1n) is 5.59. The van der Waals surface area contributed by atoms with Crippen molar-refractivity contribution < 1.29 is 4.39 Å². The molecule has 5 heteroatoms. The molecule has 1 N–H and O–H groups in total. The van der Waals surface area contributed by atoms with E-state index in [-0.39, 0.29) is 11.6 Å². The van der Waals surface area contributed by atoms with Crippen LogP contribution < -0.4 is 5.32 Å². The molecule has 0 amide bonds. The van der Waals surface area contributed by atoms with Crippen molar-refractivity contribution in [3.8, 4) is 0 Å². The maximum absolute atomic E-state index is 13.6. The van der Waals surface area contributed by atoms with Crippen molar-refractivity contribution in [3.05, 3.63) is 47.7 Å². The van der Waals surface area contributed by atoms with Gasteiger partial charge < -0.3 is 5.32 Å². The van der Waals surface area contributed by atoms with Crippen LogP contribution in [0.2, 0.25) is 0 Å². The summed E-state index contributed by atoms with van der Waals surface area (Å²) in [6.07, 6.45) is 0. The van der Waals surface area contributed by atoms with Crippen LogP contribution in [0.4, 0.5) is 10.2 Å². The Balaban J connectivity index is 2.13. The Hall–Kier alpha value is -1.62. The summed E-state index contributed by atoms with van der Waals surface area (Å²) in [6, 6.07) is 10.00. The minimum atomic E-state index is -0.383. The summed E-state index contributed by atoms with van der Waals surface area (Å²) in [7, 11) is 1.65. The molecule has 0 aliphatic rings. The third kappa shape index (κ3) is 2.98. The highest BCUT2D eigenvalue weighted by atomic mass is 32.2. The summed E-state index contributed by atoms with van der Waals surface area (Å²) in [5.41, 5.74) is 0.373. The standard InChI is InChI=1S/C13H14FN3S/c1-9-12(14)13(15-2)17-11(16-9)8-18-10-6-4-3-5-7-10/h3-7H,8H2,1-2H3,(H,15,16,17). The zero-order valence-corrected chi connectivity index (χ0v) is 11.1. The van der Waals surface area contributed by atoms with Crippen molar-refractivity contribution in [2.75, 3.05) is 12.4 Å². The molecule has 0 atom stereocenters. The molecule has 2 aromatic rings. The molecule has 0 bridgehead atoms. The summed E-state index contributed by atoms with van der Waals surface area (Å²) >= 11 is 1.63. The van der Waals surface area contributed by atoms with Crippen molar-refractivity contribution in [2.45, 2.75) is 17.6 Å². The van der Waals surface area contributed by atoms with Gasteiger partial charge in [-0.1, -0.05) is 18.2 Å². The fourth-order valence-corrected chi connectivity index (χ4v) is 2.29. The van der Waals surface area contributed by atoms with Crippen molar-refractivity contribution in [2.24, 2.45) is 0 Å². The number of halogens is 1. The lowest BCUT2D eigenvalue weighted by Gasteiger charge is -2.07. The molecular formula is C13H14FN3S. The Morgan fingerprint density at radius 3 is 2.61 bits per heavy atom. The Bertz CT molecular complexity index is 531. The van der Waals surface area contributed by atoms with E-state index < -0.39 is 0 Å². The predicted octanol–water partition coefficient (Wildman–Crippen LogP) is 3.26. The van der Waals surface area contributed by atoms with Crippen molar-refractivity contribution >= 4 is 17.6 Å². The van der Waals surface area contributed by atoms with Gasteiger partial charge >= 0.3 is 0 Å². The van der Waals surface area contributed by atoms with E-state index in [2.05, 4.69) is 15.3 Å². The maximum Gasteiger partial charge on any atom is 0.186 e. The summed E-state index contributed by atoms with van der Waals surface area (Å²) in [5, 5.41) is 2.74. The molecule has 18 heavy (non-hydrogen) atoms. The summed E-state index contributed by atoms with van der Waals surface area (Å²) in [4.78, 5) is 9.45. The van der Waals surface area contributed by atoms with Crippen molar-refractivity contribution in [3.63, 3.8) is 0 Å². The first-order chi connectivity index (χ1) is 8.70. The van der Waals surface area contributed by atoms with Crippen LogP contribution in [-0.4, -0.2) is 17.0 Å².